The van der Waals surface area contributed by atoms with Crippen LogP contribution in [0.2, 0.25) is 0 Å². The van der Waals surface area contributed by atoms with Crippen LogP contribution in [0.3, 0.4) is 0 Å². The van der Waals surface area contributed by atoms with E-state index in [1.165, 1.54) is 11.1 Å². The molecule has 0 aromatic heterocycles. The Labute approximate surface area is 114 Å². The van der Waals surface area contributed by atoms with E-state index >= 15 is 0 Å². The van der Waals surface area contributed by atoms with Gasteiger partial charge in [-0.15, -0.1) is 0 Å². The molecule has 4 nitrogen and oxygen atoms in total. The molecule has 2 unspecified atom stereocenters. The van der Waals surface area contributed by atoms with Crippen molar-refractivity contribution in [2.75, 3.05) is 13.1 Å². The van der Waals surface area contributed by atoms with Crippen LogP contribution in [0.5, 0.6) is 0 Å². The van der Waals surface area contributed by atoms with Crippen LogP contribution in [0.15, 0.2) is 24.3 Å². The number of nitrogens with zero attached hydrogens (tertiary/aromatic N) is 1. The number of benzene rings is 1. The van der Waals surface area contributed by atoms with Crippen LogP contribution in [0.25, 0.3) is 0 Å². The minimum absolute atomic E-state index is 0.413. The summed E-state index contributed by atoms with van der Waals surface area (Å²) in [6, 6.07) is 7.85. The van der Waals surface area contributed by atoms with Gasteiger partial charge >= 0.3 is 5.97 Å². The van der Waals surface area contributed by atoms with Crippen molar-refractivity contribution in [1.29, 1.82) is 0 Å². The third-order valence-corrected chi connectivity index (χ3v) is 3.80. The van der Waals surface area contributed by atoms with Gasteiger partial charge in [0.15, 0.2) is 0 Å². The standard InChI is InChI=1S/C15H22N2O2/c1-11-2-4-12(5-3-11)9-17-7-6-13(10-17)8-14(16)15(18)19/h2-5,13-14H,6-10,16H2,1H3,(H,18,19). The van der Waals surface area contributed by atoms with E-state index in [1.807, 2.05) is 0 Å². The molecule has 1 aliphatic heterocycles. The van der Waals surface area contributed by atoms with Gasteiger partial charge in [0.25, 0.3) is 0 Å². The molecular weight excluding hydrogens is 240 g/mol. The molecule has 104 valence electrons. The van der Waals surface area contributed by atoms with Crippen molar-refractivity contribution in [2.45, 2.75) is 32.4 Å². The average Bonchev–Trinajstić information content (AvgIpc) is 2.79. The molecule has 0 radical (unpaired) electrons. The molecule has 1 aliphatic rings. The zero-order valence-corrected chi connectivity index (χ0v) is 11.4. The molecule has 19 heavy (non-hydrogen) atoms. The van der Waals surface area contributed by atoms with Crippen LogP contribution in [-0.2, 0) is 11.3 Å². The summed E-state index contributed by atoms with van der Waals surface area (Å²) in [5.74, 6) is -0.478. The number of nitrogens with two attached hydrogens (primary N) is 1. The van der Waals surface area contributed by atoms with Crippen molar-refractivity contribution in [2.24, 2.45) is 11.7 Å². The second-order valence-electron chi connectivity index (χ2n) is 5.56. The van der Waals surface area contributed by atoms with Crippen molar-refractivity contribution in [3.8, 4) is 0 Å². The number of likely N-dealkylation sites (tertiary alicyclic amines) is 1. The first kappa shape index (κ1) is 14.0. The molecule has 0 aliphatic carbocycles. The van der Waals surface area contributed by atoms with Crippen LogP contribution < -0.4 is 5.73 Å². The number of rotatable bonds is 5. The Morgan fingerprint density at radius 2 is 2.16 bits per heavy atom. The Hall–Kier alpha value is -1.39. The molecule has 0 amide bonds. The van der Waals surface area contributed by atoms with Gasteiger partial charge in [-0.1, -0.05) is 29.8 Å². The predicted molar refractivity (Wildman–Crippen MR) is 74.8 cm³/mol. The van der Waals surface area contributed by atoms with E-state index in [1.54, 1.807) is 0 Å². The van der Waals surface area contributed by atoms with Gasteiger partial charge in [0.1, 0.15) is 6.04 Å². The van der Waals surface area contributed by atoms with Crippen molar-refractivity contribution < 1.29 is 9.90 Å². The van der Waals surface area contributed by atoms with Crippen molar-refractivity contribution in [1.82, 2.24) is 4.90 Å². The molecular formula is C15H22N2O2. The summed E-state index contributed by atoms with van der Waals surface area (Å²) in [5, 5.41) is 8.83. The maximum absolute atomic E-state index is 10.8. The second kappa shape index (κ2) is 6.17. The van der Waals surface area contributed by atoms with Gasteiger partial charge in [0.2, 0.25) is 0 Å². The van der Waals surface area contributed by atoms with E-state index < -0.39 is 12.0 Å². The molecule has 0 bridgehead atoms. The summed E-state index contributed by atoms with van der Waals surface area (Å²) >= 11 is 0. The average molecular weight is 262 g/mol. The highest BCUT2D eigenvalue weighted by Crippen LogP contribution is 2.22. The SMILES string of the molecule is Cc1ccc(CN2CCC(CC(N)C(=O)O)C2)cc1. The normalized spacial score (nSPS) is 21.5. The molecule has 2 rings (SSSR count). The summed E-state index contributed by atoms with van der Waals surface area (Å²) in [6.45, 7) is 5.02. The summed E-state index contributed by atoms with van der Waals surface area (Å²) < 4.78 is 0. The minimum Gasteiger partial charge on any atom is -0.480 e. The molecule has 1 fully saturated rings. The Balaban J connectivity index is 1.82. The lowest BCUT2D eigenvalue weighted by molar-refractivity contribution is -0.138. The largest absolute Gasteiger partial charge is 0.480 e. The number of aryl methyl sites for hydroxylation is 1. The summed E-state index contributed by atoms with van der Waals surface area (Å²) in [5.41, 5.74) is 8.18. The molecule has 0 saturated carbocycles. The monoisotopic (exact) mass is 262 g/mol. The van der Waals surface area contributed by atoms with Crippen LogP contribution in [-0.4, -0.2) is 35.1 Å². The Bertz CT molecular complexity index is 430. The van der Waals surface area contributed by atoms with Gasteiger partial charge in [-0.25, -0.2) is 0 Å². The third kappa shape index (κ3) is 4.04. The lowest BCUT2D eigenvalue weighted by Crippen LogP contribution is -2.33. The van der Waals surface area contributed by atoms with Crippen LogP contribution in [0, 0.1) is 12.8 Å². The van der Waals surface area contributed by atoms with Gasteiger partial charge in [-0.2, -0.15) is 0 Å². The molecule has 1 heterocycles. The van der Waals surface area contributed by atoms with Gasteiger partial charge in [0.05, 0.1) is 0 Å². The Kier molecular flexibility index (Phi) is 4.56. The zero-order chi connectivity index (χ0) is 13.8. The molecule has 1 saturated heterocycles. The van der Waals surface area contributed by atoms with Crippen LogP contribution in [0.4, 0.5) is 0 Å². The highest BCUT2D eigenvalue weighted by molar-refractivity contribution is 5.73. The molecule has 1 aromatic rings. The number of hydrogen-bond acceptors (Lipinski definition) is 3. The maximum atomic E-state index is 10.8. The maximum Gasteiger partial charge on any atom is 0.320 e. The van der Waals surface area contributed by atoms with Crippen LogP contribution in [0.1, 0.15) is 24.0 Å². The Morgan fingerprint density at radius 3 is 2.79 bits per heavy atom. The molecule has 2 atom stereocenters. The van der Waals surface area contributed by atoms with Gasteiger partial charge in [0, 0.05) is 13.1 Å². The highest BCUT2D eigenvalue weighted by atomic mass is 16.4. The quantitative estimate of drug-likeness (QED) is 0.846. The number of carboxylic acids is 1. The molecule has 4 heteroatoms. The van der Waals surface area contributed by atoms with Crippen molar-refractivity contribution in [3.05, 3.63) is 35.4 Å². The van der Waals surface area contributed by atoms with Crippen molar-refractivity contribution in [3.63, 3.8) is 0 Å². The van der Waals surface area contributed by atoms with E-state index in [2.05, 4.69) is 36.1 Å². The lowest BCUT2D eigenvalue weighted by atomic mass is 10.00. The third-order valence-electron chi connectivity index (χ3n) is 3.80. The number of hydrogen-bond donors (Lipinski definition) is 2. The van der Waals surface area contributed by atoms with Gasteiger partial charge in [-0.3, -0.25) is 9.69 Å². The fourth-order valence-corrected chi connectivity index (χ4v) is 2.66. The van der Waals surface area contributed by atoms with E-state index in [4.69, 9.17) is 10.8 Å². The second-order valence-corrected chi connectivity index (χ2v) is 5.56. The number of carboxylic acid groups (broad SMARTS) is 1. The first-order valence-corrected chi connectivity index (χ1v) is 6.81. The summed E-state index contributed by atoms with van der Waals surface area (Å²) in [6.07, 6.45) is 1.63. The van der Waals surface area contributed by atoms with E-state index in [9.17, 15) is 4.79 Å². The van der Waals surface area contributed by atoms with Gasteiger partial charge in [-0.05, 0) is 37.8 Å². The summed E-state index contributed by atoms with van der Waals surface area (Å²) in [4.78, 5) is 13.1. The minimum atomic E-state index is -0.892. The molecule has 1 aromatic carbocycles. The topological polar surface area (TPSA) is 66.6 Å². The Morgan fingerprint density at radius 1 is 1.47 bits per heavy atom. The zero-order valence-electron chi connectivity index (χ0n) is 11.4. The first-order chi connectivity index (χ1) is 9.04. The van der Waals surface area contributed by atoms with Gasteiger partial charge < -0.3 is 10.8 Å². The first-order valence-electron chi connectivity index (χ1n) is 6.81. The number of carbonyl (C=O) groups is 1. The van der Waals surface area contributed by atoms with Crippen LogP contribution >= 0.6 is 0 Å². The van der Waals surface area contributed by atoms with E-state index in [0.29, 0.717) is 12.3 Å². The molecule has 0 spiro atoms. The van der Waals surface area contributed by atoms with Crippen molar-refractivity contribution >= 4 is 5.97 Å². The summed E-state index contributed by atoms with van der Waals surface area (Å²) in [7, 11) is 0. The fourth-order valence-electron chi connectivity index (χ4n) is 2.66. The molecule has 3 N–H and O–H groups in total. The smallest absolute Gasteiger partial charge is 0.320 e. The number of aliphatic carboxylic acids is 1. The van der Waals surface area contributed by atoms with E-state index in [-0.39, 0.29) is 0 Å². The highest BCUT2D eigenvalue weighted by Gasteiger charge is 2.26. The predicted octanol–water partition coefficient (Wildman–Crippen LogP) is 1.62. The van der Waals surface area contributed by atoms with E-state index in [0.717, 1.165) is 26.1 Å². The lowest BCUT2D eigenvalue weighted by Gasteiger charge is -2.17. The fraction of sp³-hybridized carbons (Fsp3) is 0.533.